The highest BCUT2D eigenvalue weighted by molar-refractivity contribution is 5.82. The number of nitrogens with one attached hydrogen (secondary N) is 3. The maximum Gasteiger partial charge on any atom is 0.416 e. The summed E-state index contributed by atoms with van der Waals surface area (Å²) >= 11 is 0. The molecular formula is C21H26F3N5O2. The van der Waals surface area contributed by atoms with Crippen LogP contribution >= 0.6 is 0 Å². The van der Waals surface area contributed by atoms with Crippen molar-refractivity contribution in [1.82, 2.24) is 25.4 Å². The monoisotopic (exact) mass is 437 g/mol. The molecule has 1 aromatic carbocycles. The molecule has 7 nitrogen and oxygen atoms in total. The Labute approximate surface area is 177 Å². The molecule has 31 heavy (non-hydrogen) atoms. The second-order valence-corrected chi connectivity index (χ2v) is 8.19. The molecule has 4 amide bonds. The molecule has 2 aliphatic rings. The lowest BCUT2D eigenvalue weighted by molar-refractivity contribution is -0.137. The van der Waals surface area contributed by atoms with E-state index in [-0.39, 0.29) is 30.7 Å². The van der Waals surface area contributed by atoms with Gasteiger partial charge in [-0.2, -0.15) is 13.2 Å². The Balaban J connectivity index is 1.42. The first-order chi connectivity index (χ1) is 14.8. The van der Waals surface area contributed by atoms with Crippen molar-refractivity contribution in [3.05, 3.63) is 35.5 Å². The lowest BCUT2D eigenvalue weighted by atomic mass is 10.0. The number of amides is 4. The Bertz CT molecular complexity index is 970. The summed E-state index contributed by atoms with van der Waals surface area (Å²) in [6.45, 7) is 1.35. The van der Waals surface area contributed by atoms with Crippen molar-refractivity contribution >= 4 is 23.0 Å². The molecule has 10 heteroatoms. The molecule has 2 aromatic rings. The van der Waals surface area contributed by atoms with E-state index in [1.807, 2.05) is 4.90 Å². The molecule has 168 valence electrons. The van der Waals surface area contributed by atoms with Crippen molar-refractivity contribution in [2.45, 2.75) is 50.5 Å². The molecule has 3 N–H and O–H groups in total. The van der Waals surface area contributed by atoms with E-state index >= 15 is 0 Å². The fraction of sp³-hybridized carbons (Fsp3) is 0.524. The minimum atomic E-state index is -4.40. The first-order valence-electron chi connectivity index (χ1n) is 10.5. The summed E-state index contributed by atoms with van der Waals surface area (Å²) in [6, 6.07) is 4.94. The number of urea groups is 2. The first kappa shape index (κ1) is 21.3. The van der Waals surface area contributed by atoms with E-state index in [0.717, 1.165) is 37.8 Å². The number of hydrogen-bond acceptors (Lipinski definition) is 2. The van der Waals surface area contributed by atoms with Gasteiger partial charge in [0.1, 0.15) is 0 Å². The SMILES string of the molecule is CNC(=O)N1CCC[C@@H](N(C(=O)NCc2cc3cc(C(F)(F)F)ccc3[nH]2)C2CC2)C1. The van der Waals surface area contributed by atoms with Gasteiger partial charge in [0.2, 0.25) is 0 Å². The molecule has 1 aliphatic heterocycles. The van der Waals surface area contributed by atoms with E-state index in [4.69, 9.17) is 0 Å². The summed E-state index contributed by atoms with van der Waals surface area (Å²) in [4.78, 5) is 31.6. The fourth-order valence-corrected chi connectivity index (χ4v) is 4.23. The number of carbonyl (C=O) groups is 2. The second-order valence-electron chi connectivity index (χ2n) is 8.19. The van der Waals surface area contributed by atoms with Gasteiger partial charge < -0.3 is 25.4 Å². The van der Waals surface area contributed by atoms with E-state index in [2.05, 4.69) is 15.6 Å². The molecule has 2 heterocycles. The lowest BCUT2D eigenvalue weighted by Gasteiger charge is -2.39. The van der Waals surface area contributed by atoms with Crippen LogP contribution in [-0.2, 0) is 12.7 Å². The lowest BCUT2D eigenvalue weighted by Crippen LogP contribution is -2.56. The third kappa shape index (κ3) is 4.72. The molecule has 1 saturated carbocycles. The number of aromatic nitrogens is 1. The van der Waals surface area contributed by atoms with Crippen molar-refractivity contribution in [3.63, 3.8) is 0 Å². The fourth-order valence-electron chi connectivity index (χ4n) is 4.23. The Morgan fingerprint density at radius 2 is 1.97 bits per heavy atom. The number of benzene rings is 1. The zero-order valence-corrected chi connectivity index (χ0v) is 17.3. The van der Waals surface area contributed by atoms with Gasteiger partial charge in [0.15, 0.2) is 0 Å². The van der Waals surface area contributed by atoms with Gasteiger partial charge in [0, 0.05) is 42.8 Å². The second kappa shape index (κ2) is 8.32. The predicted molar refractivity (Wildman–Crippen MR) is 109 cm³/mol. The molecular weight excluding hydrogens is 411 g/mol. The zero-order valence-electron chi connectivity index (χ0n) is 17.3. The van der Waals surface area contributed by atoms with Crippen LogP contribution in [0.4, 0.5) is 22.8 Å². The highest BCUT2D eigenvalue weighted by Crippen LogP contribution is 2.33. The molecule has 1 saturated heterocycles. The molecule has 0 bridgehead atoms. The van der Waals surface area contributed by atoms with Gasteiger partial charge in [-0.3, -0.25) is 0 Å². The normalized spacial score (nSPS) is 19.4. The Morgan fingerprint density at radius 3 is 2.65 bits per heavy atom. The number of carbonyl (C=O) groups excluding carboxylic acids is 2. The van der Waals surface area contributed by atoms with Crippen molar-refractivity contribution in [2.75, 3.05) is 20.1 Å². The quantitative estimate of drug-likeness (QED) is 0.683. The average molecular weight is 437 g/mol. The predicted octanol–water partition coefficient (Wildman–Crippen LogP) is 3.66. The van der Waals surface area contributed by atoms with Crippen molar-refractivity contribution < 1.29 is 22.8 Å². The van der Waals surface area contributed by atoms with E-state index in [0.29, 0.717) is 29.7 Å². The number of aromatic amines is 1. The number of H-pyrrole nitrogens is 1. The van der Waals surface area contributed by atoms with Crippen LogP contribution in [-0.4, -0.2) is 59.1 Å². The first-order valence-corrected chi connectivity index (χ1v) is 10.5. The van der Waals surface area contributed by atoms with E-state index in [1.165, 1.54) is 6.07 Å². The van der Waals surface area contributed by atoms with Crippen LogP contribution in [0.15, 0.2) is 24.3 Å². The third-order valence-corrected chi connectivity index (χ3v) is 5.90. The standard InChI is InChI=1S/C21H26F3N5O2/c1-25-19(30)28-8-2-3-17(12-28)29(16-5-6-16)20(31)26-11-15-10-13-9-14(21(22,23)24)4-7-18(13)27-15/h4,7,9-10,16-17,27H,2-3,5-6,8,11-12H2,1H3,(H,25,30)(H,26,31)/t17-/m1/s1. The third-order valence-electron chi connectivity index (χ3n) is 5.90. The number of piperidine rings is 1. The summed E-state index contributed by atoms with van der Waals surface area (Å²) in [6.07, 6.45) is -0.845. The van der Waals surface area contributed by atoms with Gasteiger partial charge in [-0.05, 0) is 49.9 Å². The Hall–Kier alpha value is -2.91. The summed E-state index contributed by atoms with van der Waals surface area (Å²) in [5.74, 6) is 0. The van der Waals surface area contributed by atoms with Crippen LogP contribution in [0.25, 0.3) is 10.9 Å². The number of fused-ring (bicyclic) bond motifs is 1. The number of likely N-dealkylation sites (tertiary alicyclic amines) is 1. The summed E-state index contributed by atoms with van der Waals surface area (Å²) < 4.78 is 38.8. The van der Waals surface area contributed by atoms with Crippen molar-refractivity contribution in [1.29, 1.82) is 0 Å². The molecule has 1 aliphatic carbocycles. The number of halogens is 3. The number of rotatable bonds is 4. The summed E-state index contributed by atoms with van der Waals surface area (Å²) in [7, 11) is 1.59. The minimum Gasteiger partial charge on any atom is -0.357 e. The molecule has 0 spiro atoms. The number of nitrogens with zero attached hydrogens (tertiary/aromatic N) is 2. The molecule has 1 aromatic heterocycles. The van der Waals surface area contributed by atoms with Crippen LogP contribution < -0.4 is 10.6 Å². The van der Waals surface area contributed by atoms with Crippen LogP contribution in [0.5, 0.6) is 0 Å². The Morgan fingerprint density at radius 1 is 1.19 bits per heavy atom. The summed E-state index contributed by atoms with van der Waals surface area (Å²) in [5.41, 5.74) is 0.520. The molecule has 4 rings (SSSR count). The Kier molecular flexibility index (Phi) is 5.72. The van der Waals surface area contributed by atoms with Gasteiger partial charge in [0.05, 0.1) is 18.2 Å². The highest BCUT2D eigenvalue weighted by Gasteiger charge is 2.39. The van der Waals surface area contributed by atoms with Crippen LogP contribution in [0.2, 0.25) is 0 Å². The van der Waals surface area contributed by atoms with Crippen molar-refractivity contribution in [2.24, 2.45) is 0 Å². The van der Waals surface area contributed by atoms with Crippen LogP contribution in [0.1, 0.15) is 36.9 Å². The molecule has 0 unspecified atom stereocenters. The van der Waals surface area contributed by atoms with Crippen molar-refractivity contribution in [3.8, 4) is 0 Å². The van der Waals surface area contributed by atoms with E-state index in [1.54, 1.807) is 18.0 Å². The van der Waals surface area contributed by atoms with Gasteiger partial charge in [-0.1, -0.05) is 0 Å². The average Bonchev–Trinajstić information content (AvgIpc) is 3.48. The van der Waals surface area contributed by atoms with Crippen LogP contribution in [0.3, 0.4) is 0 Å². The molecule has 0 radical (unpaired) electrons. The minimum absolute atomic E-state index is 0.0457. The summed E-state index contributed by atoms with van der Waals surface area (Å²) in [5, 5.41) is 5.98. The zero-order chi connectivity index (χ0) is 22.2. The van der Waals surface area contributed by atoms with Gasteiger partial charge in [-0.15, -0.1) is 0 Å². The molecule has 1 atom stereocenters. The van der Waals surface area contributed by atoms with Crippen LogP contribution in [0, 0.1) is 0 Å². The van der Waals surface area contributed by atoms with Gasteiger partial charge in [-0.25, -0.2) is 9.59 Å². The number of hydrogen-bond donors (Lipinski definition) is 3. The maximum atomic E-state index is 13.0. The topological polar surface area (TPSA) is 80.5 Å². The maximum absolute atomic E-state index is 13.0. The number of alkyl halides is 3. The smallest absolute Gasteiger partial charge is 0.357 e. The largest absolute Gasteiger partial charge is 0.416 e. The van der Waals surface area contributed by atoms with Gasteiger partial charge >= 0.3 is 18.2 Å². The highest BCUT2D eigenvalue weighted by atomic mass is 19.4. The van der Waals surface area contributed by atoms with Gasteiger partial charge in [0.25, 0.3) is 0 Å². The van der Waals surface area contributed by atoms with E-state index in [9.17, 15) is 22.8 Å². The van der Waals surface area contributed by atoms with E-state index < -0.39 is 11.7 Å². The molecule has 2 fully saturated rings.